The average molecular weight is 373 g/mol. The van der Waals surface area contributed by atoms with E-state index in [1.54, 1.807) is 31.4 Å². The summed E-state index contributed by atoms with van der Waals surface area (Å²) in [4.78, 5) is 12.4. The fraction of sp³-hybridized carbons (Fsp3) is 0.0588. The average Bonchev–Trinajstić information content (AvgIpc) is 2.60. The van der Waals surface area contributed by atoms with Crippen molar-refractivity contribution >= 4 is 15.9 Å². The van der Waals surface area contributed by atoms with E-state index < -0.39 is 0 Å². The third kappa shape index (κ3) is 3.27. The van der Waals surface area contributed by atoms with Crippen molar-refractivity contribution in [3.8, 4) is 22.9 Å². The van der Waals surface area contributed by atoms with Crippen molar-refractivity contribution in [1.82, 2.24) is 9.78 Å². The van der Waals surface area contributed by atoms with E-state index in [2.05, 4.69) is 21.0 Å². The van der Waals surface area contributed by atoms with Gasteiger partial charge < -0.3 is 9.47 Å². The minimum atomic E-state index is -0.290. The van der Waals surface area contributed by atoms with Gasteiger partial charge in [-0.3, -0.25) is 4.79 Å². The highest BCUT2D eigenvalue weighted by molar-refractivity contribution is 9.10. The fourth-order valence-corrected chi connectivity index (χ4v) is 2.36. The van der Waals surface area contributed by atoms with Crippen LogP contribution >= 0.6 is 15.9 Å². The van der Waals surface area contributed by atoms with Gasteiger partial charge in [-0.05, 0) is 52.3 Å². The second kappa shape index (κ2) is 6.66. The molecule has 0 saturated carbocycles. The Balaban J connectivity index is 1.92. The third-order valence-electron chi connectivity index (χ3n) is 3.17. The lowest BCUT2D eigenvalue weighted by Crippen LogP contribution is -2.21. The van der Waals surface area contributed by atoms with E-state index in [1.807, 2.05) is 30.3 Å². The summed E-state index contributed by atoms with van der Waals surface area (Å²) in [5.41, 5.74) is 0.399. The summed E-state index contributed by atoms with van der Waals surface area (Å²) in [6, 6.07) is 16.3. The van der Waals surface area contributed by atoms with Crippen LogP contribution in [0.1, 0.15) is 0 Å². The largest absolute Gasteiger partial charge is 0.497 e. The van der Waals surface area contributed by atoms with Gasteiger partial charge in [-0.15, -0.1) is 0 Å². The number of aromatic nitrogens is 2. The van der Waals surface area contributed by atoms with Crippen LogP contribution in [0.4, 0.5) is 0 Å². The lowest BCUT2D eigenvalue weighted by Gasteiger charge is -2.10. The van der Waals surface area contributed by atoms with Gasteiger partial charge in [0.25, 0.3) is 5.56 Å². The van der Waals surface area contributed by atoms with Crippen LogP contribution in [0.3, 0.4) is 0 Å². The van der Waals surface area contributed by atoms with Gasteiger partial charge in [-0.1, -0.05) is 18.2 Å². The molecule has 0 spiro atoms. The van der Waals surface area contributed by atoms with E-state index in [9.17, 15) is 4.79 Å². The molecule has 0 aliphatic rings. The molecule has 23 heavy (non-hydrogen) atoms. The maximum atomic E-state index is 12.4. The van der Waals surface area contributed by atoms with Crippen LogP contribution in [0, 0.1) is 0 Å². The Kier molecular flexibility index (Phi) is 4.43. The molecule has 0 aliphatic heterocycles. The standard InChI is InChI=1S/C17H13BrN2O3/c1-22-13-7-9-14(10-8-13)23-15-11-19-20(17(21)16(15)18)12-5-3-2-4-6-12/h2-11H,1H3. The number of hydrogen-bond donors (Lipinski definition) is 0. The molecule has 0 N–H and O–H groups in total. The molecule has 0 atom stereocenters. The highest BCUT2D eigenvalue weighted by Crippen LogP contribution is 2.27. The van der Waals surface area contributed by atoms with Crippen LogP contribution in [0.5, 0.6) is 17.2 Å². The van der Waals surface area contributed by atoms with Crippen molar-refractivity contribution in [3.05, 3.63) is 75.6 Å². The Morgan fingerprint density at radius 3 is 2.30 bits per heavy atom. The maximum absolute atomic E-state index is 12.4. The first-order valence-electron chi connectivity index (χ1n) is 6.84. The molecule has 0 amide bonds. The van der Waals surface area contributed by atoms with Gasteiger partial charge in [-0.2, -0.15) is 9.78 Å². The minimum absolute atomic E-state index is 0.290. The first-order chi connectivity index (χ1) is 11.2. The minimum Gasteiger partial charge on any atom is -0.497 e. The van der Waals surface area contributed by atoms with Crippen molar-refractivity contribution in [2.24, 2.45) is 0 Å². The molecule has 0 bridgehead atoms. The zero-order valence-electron chi connectivity index (χ0n) is 12.3. The summed E-state index contributed by atoms with van der Waals surface area (Å²) in [6.45, 7) is 0. The zero-order valence-corrected chi connectivity index (χ0v) is 13.9. The molecule has 0 radical (unpaired) electrons. The second-order valence-electron chi connectivity index (χ2n) is 4.65. The van der Waals surface area contributed by atoms with Crippen molar-refractivity contribution in [2.75, 3.05) is 7.11 Å². The van der Waals surface area contributed by atoms with Gasteiger partial charge in [0.2, 0.25) is 0 Å². The monoisotopic (exact) mass is 372 g/mol. The lowest BCUT2D eigenvalue weighted by atomic mass is 10.3. The predicted molar refractivity (Wildman–Crippen MR) is 90.6 cm³/mol. The number of benzene rings is 2. The summed E-state index contributed by atoms with van der Waals surface area (Å²) in [5, 5.41) is 4.16. The molecule has 1 heterocycles. The molecule has 116 valence electrons. The summed E-state index contributed by atoms with van der Waals surface area (Å²) in [6.07, 6.45) is 1.50. The molecule has 0 aliphatic carbocycles. The number of para-hydroxylation sites is 1. The number of methoxy groups -OCH3 is 1. The van der Waals surface area contributed by atoms with Gasteiger partial charge in [-0.25, -0.2) is 0 Å². The van der Waals surface area contributed by atoms with E-state index >= 15 is 0 Å². The number of ether oxygens (including phenoxy) is 2. The lowest BCUT2D eigenvalue weighted by molar-refractivity contribution is 0.412. The summed E-state index contributed by atoms with van der Waals surface area (Å²) in [5.74, 6) is 1.67. The molecule has 1 aromatic heterocycles. The number of hydrogen-bond acceptors (Lipinski definition) is 4. The van der Waals surface area contributed by atoms with E-state index in [-0.39, 0.29) is 5.56 Å². The summed E-state index contributed by atoms with van der Waals surface area (Å²) >= 11 is 3.29. The van der Waals surface area contributed by atoms with E-state index in [0.717, 1.165) is 5.75 Å². The quantitative estimate of drug-likeness (QED) is 0.698. The van der Waals surface area contributed by atoms with Crippen molar-refractivity contribution in [1.29, 1.82) is 0 Å². The molecular formula is C17H13BrN2O3. The van der Waals surface area contributed by atoms with Crippen LogP contribution in [0.25, 0.3) is 5.69 Å². The van der Waals surface area contributed by atoms with Crippen LogP contribution in [-0.4, -0.2) is 16.9 Å². The normalized spacial score (nSPS) is 10.3. The Morgan fingerprint density at radius 2 is 1.65 bits per heavy atom. The smallest absolute Gasteiger partial charge is 0.289 e. The number of nitrogens with zero attached hydrogens (tertiary/aromatic N) is 2. The Hall–Kier alpha value is -2.60. The Bertz CT molecular complexity index is 861. The van der Waals surface area contributed by atoms with E-state index in [1.165, 1.54) is 10.9 Å². The van der Waals surface area contributed by atoms with Crippen LogP contribution in [0.2, 0.25) is 0 Å². The van der Waals surface area contributed by atoms with Crippen LogP contribution in [0.15, 0.2) is 70.1 Å². The SMILES string of the molecule is COc1ccc(Oc2cnn(-c3ccccc3)c(=O)c2Br)cc1. The molecule has 6 heteroatoms. The highest BCUT2D eigenvalue weighted by Gasteiger charge is 2.12. The molecule has 0 saturated heterocycles. The Labute approximate surface area is 141 Å². The summed E-state index contributed by atoms with van der Waals surface area (Å²) < 4.78 is 12.4. The highest BCUT2D eigenvalue weighted by atomic mass is 79.9. The molecule has 0 fully saturated rings. The van der Waals surface area contributed by atoms with Gasteiger partial charge in [0.05, 0.1) is 19.0 Å². The van der Waals surface area contributed by atoms with Crippen molar-refractivity contribution < 1.29 is 9.47 Å². The predicted octanol–water partition coefficient (Wildman–Crippen LogP) is 3.80. The molecule has 0 unspecified atom stereocenters. The van der Waals surface area contributed by atoms with Gasteiger partial charge in [0, 0.05) is 0 Å². The fourth-order valence-electron chi connectivity index (χ4n) is 2.01. The first-order valence-corrected chi connectivity index (χ1v) is 7.63. The molecule has 3 rings (SSSR count). The second-order valence-corrected chi connectivity index (χ2v) is 5.45. The molecule has 2 aromatic carbocycles. The van der Waals surface area contributed by atoms with Gasteiger partial charge >= 0.3 is 0 Å². The number of halogens is 1. The van der Waals surface area contributed by atoms with E-state index in [4.69, 9.17) is 9.47 Å². The van der Waals surface area contributed by atoms with Gasteiger partial charge in [0.1, 0.15) is 16.0 Å². The number of rotatable bonds is 4. The summed E-state index contributed by atoms with van der Waals surface area (Å²) in [7, 11) is 1.60. The molecule has 3 aromatic rings. The van der Waals surface area contributed by atoms with Crippen LogP contribution in [-0.2, 0) is 0 Å². The third-order valence-corrected chi connectivity index (χ3v) is 3.90. The Morgan fingerprint density at radius 1 is 1.00 bits per heavy atom. The van der Waals surface area contributed by atoms with Crippen LogP contribution < -0.4 is 15.0 Å². The van der Waals surface area contributed by atoms with Crippen molar-refractivity contribution in [3.63, 3.8) is 0 Å². The first kappa shape index (κ1) is 15.3. The van der Waals surface area contributed by atoms with E-state index in [0.29, 0.717) is 21.7 Å². The zero-order chi connectivity index (χ0) is 16.2. The van der Waals surface area contributed by atoms with Gasteiger partial charge in [0.15, 0.2) is 5.75 Å². The maximum Gasteiger partial charge on any atom is 0.289 e. The topological polar surface area (TPSA) is 53.4 Å². The van der Waals surface area contributed by atoms with Crippen molar-refractivity contribution in [2.45, 2.75) is 0 Å². The molecule has 5 nitrogen and oxygen atoms in total. The molecular weight excluding hydrogens is 360 g/mol.